The molecule has 3 aromatic carbocycles. The quantitative estimate of drug-likeness (QED) is 0.449. The number of hydrogen-bond donors (Lipinski definition) is 0. The van der Waals surface area contributed by atoms with E-state index in [9.17, 15) is 4.79 Å². The van der Waals surface area contributed by atoms with Crippen LogP contribution in [0.25, 0.3) is 11.1 Å². The number of carbonyl (C=O) groups is 1. The molecule has 0 saturated carbocycles. The summed E-state index contributed by atoms with van der Waals surface area (Å²) >= 11 is 0. The van der Waals surface area contributed by atoms with Gasteiger partial charge in [-0.25, -0.2) is 0 Å². The fraction of sp³-hybridized carbons (Fsp3) is 0.321. The minimum Gasteiger partial charge on any atom is -0.493 e. The third-order valence-corrected chi connectivity index (χ3v) is 5.52. The summed E-state index contributed by atoms with van der Waals surface area (Å²) < 4.78 is 17.5. The topological polar surface area (TPSA) is 48.0 Å². The van der Waals surface area contributed by atoms with Gasteiger partial charge in [-0.2, -0.15) is 0 Å². The van der Waals surface area contributed by atoms with Crippen LogP contribution in [0.4, 0.5) is 5.69 Å². The van der Waals surface area contributed by atoms with Crippen LogP contribution in [0, 0.1) is 5.41 Å². The first-order valence-electron chi connectivity index (χ1n) is 11.3. The fourth-order valence-electron chi connectivity index (χ4n) is 3.78. The molecule has 4 rings (SSSR count). The lowest BCUT2D eigenvalue weighted by Crippen LogP contribution is -2.32. The van der Waals surface area contributed by atoms with Gasteiger partial charge >= 0.3 is 0 Å². The number of nitrogens with zero attached hydrogens (tertiary/aromatic N) is 1. The van der Waals surface area contributed by atoms with Crippen molar-refractivity contribution in [1.82, 2.24) is 0 Å². The molecule has 0 aromatic heterocycles. The van der Waals surface area contributed by atoms with Crippen LogP contribution in [-0.4, -0.2) is 32.3 Å². The van der Waals surface area contributed by atoms with Gasteiger partial charge in [0, 0.05) is 24.7 Å². The second-order valence-corrected chi connectivity index (χ2v) is 9.46. The van der Waals surface area contributed by atoms with Gasteiger partial charge in [0.15, 0.2) is 17.6 Å². The van der Waals surface area contributed by atoms with E-state index < -0.39 is 6.10 Å². The highest BCUT2D eigenvalue weighted by atomic mass is 16.5. The van der Waals surface area contributed by atoms with Crippen molar-refractivity contribution >= 4 is 11.6 Å². The zero-order chi connectivity index (χ0) is 23.4. The van der Waals surface area contributed by atoms with Crippen LogP contribution in [0.2, 0.25) is 0 Å². The van der Waals surface area contributed by atoms with E-state index in [2.05, 4.69) is 32.9 Å². The van der Waals surface area contributed by atoms with Crippen LogP contribution in [0.15, 0.2) is 72.8 Å². The summed E-state index contributed by atoms with van der Waals surface area (Å²) in [6.45, 7) is 7.52. The summed E-state index contributed by atoms with van der Waals surface area (Å²) in [6, 6.07) is 23.7. The molecule has 1 aliphatic heterocycles. The number of hydrogen-bond acceptors (Lipinski definition) is 4. The highest BCUT2D eigenvalue weighted by Crippen LogP contribution is 2.35. The van der Waals surface area contributed by atoms with Gasteiger partial charge in [0.25, 0.3) is 5.91 Å². The SMILES string of the molecule is COc1cc(N2CC[C@H](Oc3ccc(-c4ccccc4)cc3)C2=O)ccc1OCC(C)(C)C. The average molecular weight is 446 g/mol. The van der Waals surface area contributed by atoms with E-state index in [-0.39, 0.29) is 11.3 Å². The minimum absolute atomic E-state index is 0.0401. The normalized spacial score (nSPS) is 16.1. The Bertz CT molecular complexity index is 1090. The number of rotatable bonds is 7. The zero-order valence-corrected chi connectivity index (χ0v) is 19.7. The number of carbonyl (C=O) groups excluding carboxylic acids is 1. The maximum atomic E-state index is 13.1. The first kappa shape index (κ1) is 22.7. The predicted molar refractivity (Wildman–Crippen MR) is 131 cm³/mol. The third kappa shape index (κ3) is 5.48. The van der Waals surface area contributed by atoms with Crippen LogP contribution in [0.3, 0.4) is 0 Å². The molecule has 0 bridgehead atoms. The van der Waals surface area contributed by atoms with E-state index in [1.165, 1.54) is 0 Å². The summed E-state index contributed by atoms with van der Waals surface area (Å²) in [7, 11) is 1.61. The van der Waals surface area contributed by atoms with Crippen LogP contribution < -0.4 is 19.1 Å². The molecule has 5 nitrogen and oxygen atoms in total. The Kier molecular flexibility index (Phi) is 6.59. The van der Waals surface area contributed by atoms with Crippen molar-refractivity contribution in [3.8, 4) is 28.4 Å². The highest BCUT2D eigenvalue weighted by molar-refractivity contribution is 5.99. The van der Waals surface area contributed by atoms with Crippen molar-refractivity contribution < 1.29 is 19.0 Å². The molecule has 0 spiro atoms. The van der Waals surface area contributed by atoms with E-state index in [0.29, 0.717) is 36.8 Å². The van der Waals surface area contributed by atoms with Crippen LogP contribution in [0.5, 0.6) is 17.2 Å². The van der Waals surface area contributed by atoms with Crippen molar-refractivity contribution in [2.75, 3.05) is 25.2 Å². The van der Waals surface area contributed by atoms with Gasteiger partial charge in [-0.15, -0.1) is 0 Å². The Labute approximate surface area is 195 Å². The number of amides is 1. The lowest BCUT2D eigenvalue weighted by Gasteiger charge is -2.22. The Morgan fingerprint density at radius 2 is 1.61 bits per heavy atom. The molecule has 1 saturated heterocycles. The highest BCUT2D eigenvalue weighted by Gasteiger charge is 2.34. The number of benzene rings is 3. The van der Waals surface area contributed by atoms with Crippen molar-refractivity contribution in [3.05, 3.63) is 72.8 Å². The third-order valence-electron chi connectivity index (χ3n) is 5.52. The largest absolute Gasteiger partial charge is 0.493 e. The molecule has 1 amide bonds. The Morgan fingerprint density at radius 1 is 0.909 bits per heavy atom. The summed E-state index contributed by atoms with van der Waals surface area (Å²) in [6.07, 6.45) is 0.125. The maximum absolute atomic E-state index is 13.1. The first-order valence-corrected chi connectivity index (χ1v) is 11.3. The van der Waals surface area contributed by atoms with Gasteiger partial charge in [0.05, 0.1) is 13.7 Å². The molecule has 5 heteroatoms. The molecule has 1 fully saturated rings. The Balaban J connectivity index is 1.42. The summed E-state index contributed by atoms with van der Waals surface area (Å²) in [5, 5.41) is 0. The maximum Gasteiger partial charge on any atom is 0.268 e. The van der Waals surface area contributed by atoms with Crippen LogP contribution in [0.1, 0.15) is 27.2 Å². The summed E-state index contributed by atoms with van der Waals surface area (Å²) in [5.41, 5.74) is 3.09. The molecule has 1 aliphatic rings. The molecule has 172 valence electrons. The van der Waals surface area contributed by atoms with Gasteiger partial charge in [0.1, 0.15) is 5.75 Å². The molecular weight excluding hydrogens is 414 g/mol. The number of methoxy groups -OCH3 is 1. The first-order chi connectivity index (χ1) is 15.8. The lowest BCUT2D eigenvalue weighted by atomic mass is 9.99. The van der Waals surface area contributed by atoms with E-state index in [0.717, 1.165) is 16.8 Å². The van der Waals surface area contributed by atoms with Gasteiger partial charge in [-0.3, -0.25) is 4.79 Å². The average Bonchev–Trinajstić information content (AvgIpc) is 3.18. The molecule has 0 aliphatic carbocycles. The molecule has 1 heterocycles. The standard InChI is InChI=1S/C28H31NO4/c1-28(2,3)19-32-24-15-12-22(18-26(24)31-4)29-17-16-25(27(29)30)33-23-13-10-21(11-14-23)20-8-6-5-7-9-20/h5-15,18,25H,16-17,19H2,1-4H3/t25-/m0/s1. The van der Waals surface area contributed by atoms with Crippen LogP contribution in [-0.2, 0) is 4.79 Å². The number of anilines is 1. The van der Waals surface area contributed by atoms with Crippen molar-refractivity contribution in [2.24, 2.45) is 5.41 Å². The van der Waals surface area contributed by atoms with Gasteiger partial charge in [-0.05, 0) is 40.8 Å². The van der Waals surface area contributed by atoms with Gasteiger partial charge in [-0.1, -0.05) is 63.2 Å². The smallest absolute Gasteiger partial charge is 0.268 e. The minimum atomic E-state index is -0.504. The fourth-order valence-corrected chi connectivity index (χ4v) is 3.78. The molecule has 33 heavy (non-hydrogen) atoms. The van der Waals surface area contributed by atoms with E-state index in [1.54, 1.807) is 12.0 Å². The van der Waals surface area contributed by atoms with Gasteiger partial charge in [0.2, 0.25) is 0 Å². The van der Waals surface area contributed by atoms with Crippen molar-refractivity contribution in [1.29, 1.82) is 0 Å². The molecule has 3 aromatic rings. The summed E-state index contributed by atoms with van der Waals surface area (Å²) in [5.74, 6) is 1.94. The monoisotopic (exact) mass is 445 g/mol. The Morgan fingerprint density at radius 3 is 2.27 bits per heavy atom. The van der Waals surface area contributed by atoms with Crippen molar-refractivity contribution in [3.63, 3.8) is 0 Å². The van der Waals surface area contributed by atoms with Gasteiger partial charge < -0.3 is 19.1 Å². The van der Waals surface area contributed by atoms with Crippen LogP contribution >= 0.6 is 0 Å². The molecule has 1 atom stereocenters. The molecule has 0 radical (unpaired) electrons. The molecule has 0 N–H and O–H groups in total. The zero-order valence-electron chi connectivity index (χ0n) is 19.7. The number of ether oxygens (including phenoxy) is 3. The Hall–Kier alpha value is -3.47. The van der Waals surface area contributed by atoms with E-state index in [4.69, 9.17) is 14.2 Å². The van der Waals surface area contributed by atoms with Crippen molar-refractivity contribution in [2.45, 2.75) is 33.3 Å². The molecule has 0 unspecified atom stereocenters. The lowest BCUT2D eigenvalue weighted by molar-refractivity contribution is -0.122. The van der Waals surface area contributed by atoms with E-state index >= 15 is 0 Å². The van der Waals surface area contributed by atoms with E-state index in [1.807, 2.05) is 60.7 Å². The second-order valence-electron chi connectivity index (χ2n) is 9.46. The summed E-state index contributed by atoms with van der Waals surface area (Å²) in [4.78, 5) is 14.8. The molecular formula is C28H31NO4. The second kappa shape index (κ2) is 9.57. The predicted octanol–water partition coefficient (Wildman–Crippen LogP) is 5.97.